The molecule has 0 bridgehead atoms. The number of hydrogen-bond acceptors (Lipinski definition) is 6. The summed E-state index contributed by atoms with van der Waals surface area (Å²) in [4.78, 5) is 31.0. The predicted octanol–water partition coefficient (Wildman–Crippen LogP) is 4.68. The molecule has 6 rings (SSSR count). The Bertz CT molecular complexity index is 1560. The number of carbonyl (C=O) groups excluding carboxylic acids is 2. The van der Waals surface area contributed by atoms with Gasteiger partial charge in [-0.3, -0.25) is 9.59 Å². The fourth-order valence-corrected chi connectivity index (χ4v) is 5.55. The van der Waals surface area contributed by atoms with Crippen molar-refractivity contribution in [2.75, 3.05) is 48.8 Å². The van der Waals surface area contributed by atoms with Gasteiger partial charge in [-0.1, -0.05) is 36.3 Å². The van der Waals surface area contributed by atoms with Crippen LogP contribution in [0, 0.1) is 11.8 Å². The first-order valence-corrected chi connectivity index (χ1v) is 14.5. The number of nitrogens with zero attached hydrogens (tertiary/aromatic N) is 2. The Morgan fingerprint density at radius 1 is 1.00 bits per heavy atom. The normalized spacial score (nSPS) is 18.0. The van der Waals surface area contributed by atoms with Crippen molar-refractivity contribution in [3.8, 4) is 11.8 Å². The van der Waals surface area contributed by atoms with Crippen LogP contribution in [-0.2, 0) is 9.59 Å². The predicted molar refractivity (Wildman–Crippen MR) is 168 cm³/mol. The summed E-state index contributed by atoms with van der Waals surface area (Å²) in [5.74, 6) is 5.11. The molecule has 3 aromatic rings. The van der Waals surface area contributed by atoms with Crippen molar-refractivity contribution in [1.29, 1.82) is 0 Å². The molecule has 2 amide bonds. The van der Waals surface area contributed by atoms with E-state index in [4.69, 9.17) is 0 Å². The topological polar surface area (TPSA) is 76.7 Å². The highest BCUT2D eigenvalue weighted by Gasteiger charge is 2.29. The molecule has 2 fully saturated rings. The number of anilines is 3. The zero-order chi connectivity index (χ0) is 28.3. The second-order valence-corrected chi connectivity index (χ2v) is 11.3. The smallest absolute Gasteiger partial charge is 0.296 e. The SMILES string of the molecule is CN1CCN(c2ccc(N/C(=C3\C(=O)Nc4cc(C#CC(=O)NC5CCC5)c(S)cc43)c3ccccc3)cc2)CC1. The number of likely N-dealkylation sites (N-methyl/N-ethyl adjacent to an activating group) is 1. The van der Waals surface area contributed by atoms with Crippen LogP contribution >= 0.6 is 12.6 Å². The molecule has 0 unspecified atom stereocenters. The molecule has 0 radical (unpaired) electrons. The molecule has 8 heteroatoms. The summed E-state index contributed by atoms with van der Waals surface area (Å²) < 4.78 is 0. The lowest BCUT2D eigenvalue weighted by Crippen LogP contribution is -2.44. The highest BCUT2D eigenvalue weighted by atomic mass is 32.1. The summed E-state index contributed by atoms with van der Waals surface area (Å²) >= 11 is 4.67. The molecule has 1 saturated heterocycles. The fraction of sp³-hybridized carbons (Fsp3) is 0.273. The van der Waals surface area contributed by atoms with E-state index >= 15 is 0 Å². The van der Waals surface area contributed by atoms with Crippen LogP contribution in [0.15, 0.2) is 71.6 Å². The molecule has 0 aromatic heterocycles. The van der Waals surface area contributed by atoms with E-state index < -0.39 is 0 Å². The maximum absolute atomic E-state index is 13.4. The van der Waals surface area contributed by atoms with Crippen molar-refractivity contribution in [2.24, 2.45) is 0 Å². The number of nitrogens with one attached hydrogen (secondary N) is 3. The lowest BCUT2D eigenvalue weighted by atomic mass is 9.93. The van der Waals surface area contributed by atoms with Gasteiger partial charge < -0.3 is 25.8 Å². The lowest BCUT2D eigenvalue weighted by molar-refractivity contribution is -0.116. The third kappa shape index (κ3) is 5.97. The number of thiol groups is 1. The molecule has 41 heavy (non-hydrogen) atoms. The van der Waals surface area contributed by atoms with Gasteiger partial charge in [0.1, 0.15) is 0 Å². The largest absolute Gasteiger partial charge is 0.369 e. The van der Waals surface area contributed by atoms with Crippen LogP contribution in [0.5, 0.6) is 0 Å². The molecule has 1 aliphatic carbocycles. The summed E-state index contributed by atoms with van der Waals surface area (Å²) in [6.07, 6.45) is 3.15. The first-order chi connectivity index (χ1) is 19.9. The van der Waals surface area contributed by atoms with Gasteiger partial charge in [-0.25, -0.2) is 0 Å². The second-order valence-electron chi connectivity index (χ2n) is 10.8. The Balaban J connectivity index is 1.31. The molecule has 7 nitrogen and oxygen atoms in total. The van der Waals surface area contributed by atoms with Crippen LogP contribution in [0.2, 0.25) is 0 Å². The highest BCUT2D eigenvalue weighted by Crippen LogP contribution is 2.40. The Labute approximate surface area is 246 Å². The molecule has 2 heterocycles. The third-order valence-electron chi connectivity index (χ3n) is 7.95. The van der Waals surface area contributed by atoms with Gasteiger partial charge in [-0.05, 0) is 68.3 Å². The first kappa shape index (κ1) is 27.0. The Hall–Kier alpha value is -4.19. The molecule has 0 atom stereocenters. The molecular formula is C33H33N5O2S. The van der Waals surface area contributed by atoms with Crippen LogP contribution in [-0.4, -0.2) is 56.0 Å². The molecule has 2 aliphatic heterocycles. The van der Waals surface area contributed by atoms with Crippen LogP contribution in [0.1, 0.15) is 36.0 Å². The van der Waals surface area contributed by atoms with E-state index in [1.807, 2.05) is 36.4 Å². The number of benzene rings is 3. The summed E-state index contributed by atoms with van der Waals surface area (Å²) in [7, 11) is 2.15. The average Bonchev–Trinajstić information content (AvgIpc) is 3.27. The minimum Gasteiger partial charge on any atom is -0.369 e. The maximum Gasteiger partial charge on any atom is 0.296 e. The van der Waals surface area contributed by atoms with E-state index in [1.165, 1.54) is 5.69 Å². The standard InChI is InChI=1S/C33H33N5O2S/c1-37-16-18-38(19-17-37)26-13-11-25(12-14-26)35-32(22-6-3-2-4-7-22)31-27-21-29(41)23(20-28(27)36-33(31)40)10-15-30(39)34-24-8-5-9-24/h2-4,6-7,11-14,20-21,24,35,41H,5,8-9,16-19H2,1H3,(H,34,39)(H,36,40)/b32-31-. The van der Waals surface area contributed by atoms with Crippen LogP contribution in [0.3, 0.4) is 0 Å². The van der Waals surface area contributed by atoms with Crippen LogP contribution < -0.4 is 20.9 Å². The Morgan fingerprint density at radius 2 is 1.73 bits per heavy atom. The van der Waals surface area contributed by atoms with E-state index in [9.17, 15) is 9.59 Å². The number of rotatable bonds is 5. The van der Waals surface area contributed by atoms with Gasteiger partial charge in [0.05, 0.1) is 17.0 Å². The van der Waals surface area contributed by atoms with Gasteiger partial charge in [0.25, 0.3) is 11.8 Å². The quantitative estimate of drug-likeness (QED) is 0.206. The highest BCUT2D eigenvalue weighted by molar-refractivity contribution is 7.80. The van der Waals surface area contributed by atoms with Crippen LogP contribution in [0.25, 0.3) is 11.3 Å². The van der Waals surface area contributed by atoms with Gasteiger partial charge >= 0.3 is 0 Å². The van der Waals surface area contributed by atoms with E-state index in [0.717, 1.165) is 62.3 Å². The van der Waals surface area contributed by atoms with Gasteiger partial charge in [0.2, 0.25) is 0 Å². The van der Waals surface area contributed by atoms with E-state index in [2.05, 4.69) is 81.5 Å². The van der Waals surface area contributed by atoms with Gasteiger partial charge in [-0.2, -0.15) is 0 Å². The zero-order valence-electron chi connectivity index (χ0n) is 23.0. The monoisotopic (exact) mass is 563 g/mol. The summed E-state index contributed by atoms with van der Waals surface area (Å²) in [5, 5.41) is 9.46. The number of carbonyl (C=O) groups is 2. The minimum atomic E-state index is -0.290. The minimum absolute atomic E-state index is 0.207. The Kier molecular flexibility index (Phi) is 7.73. The van der Waals surface area contributed by atoms with Gasteiger partial charge in [0.15, 0.2) is 0 Å². The number of hydrogen-bond donors (Lipinski definition) is 4. The maximum atomic E-state index is 13.4. The molecule has 3 aliphatic rings. The third-order valence-corrected chi connectivity index (χ3v) is 8.32. The van der Waals surface area contributed by atoms with Gasteiger partial charge in [0, 0.05) is 65.5 Å². The second kappa shape index (κ2) is 11.7. The lowest BCUT2D eigenvalue weighted by Gasteiger charge is -2.34. The summed E-state index contributed by atoms with van der Waals surface area (Å²) in [5.41, 5.74) is 6.19. The van der Waals surface area contributed by atoms with E-state index in [-0.39, 0.29) is 17.9 Å². The number of amides is 2. The molecule has 208 valence electrons. The van der Waals surface area contributed by atoms with Crippen LogP contribution in [0.4, 0.5) is 17.1 Å². The first-order valence-electron chi connectivity index (χ1n) is 14.1. The van der Waals surface area contributed by atoms with Crippen molar-refractivity contribution >= 4 is 52.8 Å². The molecule has 0 spiro atoms. The van der Waals surface area contributed by atoms with E-state index in [0.29, 0.717) is 27.4 Å². The summed E-state index contributed by atoms with van der Waals surface area (Å²) in [6, 6.07) is 22.1. The van der Waals surface area contributed by atoms with Crippen molar-refractivity contribution < 1.29 is 9.59 Å². The number of fused-ring (bicyclic) bond motifs is 1. The summed E-state index contributed by atoms with van der Waals surface area (Å²) in [6.45, 7) is 4.10. The van der Waals surface area contributed by atoms with Crippen molar-refractivity contribution in [3.05, 3.63) is 83.4 Å². The van der Waals surface area contributed by atoms with Crippen molar-refractivity contribution in [3.63, 3.8) is 0 Å². The fourth-order valence-electron chi connectivity index (χ4n) is 5.30. The van der Waals surface area contributed by atoms with Crippen molar-refractivity contribution in [1.82, 2.24) is 10.2 Å². The molecule has 3 aromatic carbocycles. The van der Waals surface area contributed by atoms with E-state index in [1.54, 1.807) is 6.07 Å². The molecular weight excluding hydrogens is 530 g/mol. The number of piperazine rings is 1. The molecule has 3 N–H and O–H groups in total. The average molecular weight is 564 g/mol. The zero-order valence-corrected chi connectivity index (χ0v) is 23.9. The van der Waals surface area contributed by atoms with Crippen molar-refractivity contribution in [2.45, 2.75) is 30.2 Å². The van der Waals surface area contributed by atoms with Gasteiger partial charge in [-0.15, -0.1) is 12.6 Å². The molecule has 1 saturated carbocycles. The Morgan fingerprint density at radius 3 is 2.41 bits per heavy atom.